The monoisotopic (exact) mass is 392 g/mol. The SMILES string of the molecule is COC(=O)C1CC[C@H]2[C@@H]3CCC4(O)CC(OC(C)=O)CC[C@]4(C)[C@H]3CC[C@]12C. The van der Waals surface area contributed by atoms with E-state index in [1.54, 1.807) is 0 Å². The molecule has 0 bridgehead atoms. The fourth-order valence-electron chi connectivity index (χ4n) is 8.07. The van der Waals surface area contributed by atoms with E-state index < -0.39 is 5.60 Å². The van der Waals surface area contributed by atoms with E-state index >= 15 is 0 Å². The summed E-state index contributed by atoms with van der Waals surface area (Å²) >= 11 is 0. The Kier molecular flexibility index (Phi) is 4.84. The zero-order chi connectivity index (χ0) is 20.3. The third-order valence-electron chi connectivity index (χ3n) is 9.58. The highest BCUT2D eigenvalue weighted by molar-refractivity contribution is 5.73. The Labute approximate surface area is 168 Å². The van der Waals surface area contributed by atoms with Gasteiger partial charge in [-0.15, -0.1) is 0 Å². The lowest BCUT2D eigenvalue weighted by molar-refractivity contribution is -0.224. The topological polar surface area (TPSA) is 72.8 Å². The zero-order valence-corrected chi connectivity index (χ0v) is 17.8. The van der Waals surface area contributed by atoms with Crippen molar-refractivity contribution in [3.05, 3.63) is 0 Å². The first kappa shape index (κ1) is 20.2. The molecule has 0 aromatic carbocycles. The predicted molar refractivity (Wildman–Crippen MR) is 104 cm³/mol. The number of esters is 2. The molecule has 0 aliphatic heterocycles. The Morgan fingerprint density at radius 3 is 2.39 bits per heavy atom. The van der Waals surface area contributed by atoms with Gasteiger partial charge >= 0.3 is 11.9 Å². The van der Waals surface area contributed by atoms with Crippen LogP contribution in [0.3, 0.4) is 0 Å². The standard InChI is InChI=1S/C23H36O5/c1-14(24)28-15-7-11-22(3)18-9-10-21(2)17(5-6-19(21)20(25)27-4)16(18)8-12-23(22,26)13-15/h15-19,26H,5-13H2,1-4H3/t15?,16-,17-,18-,19?,21-,22+,23?/m0/s1. The Morgan fingerprint density at radius 2 is 1.71 bits per heavy atom. The predicted octanol–water partition coefficient (Wildman–Crippen LogP) is 3.86. The molecule has 4 aliphatic rings. The largest absolute Gasteiger partial charge is 0.469 e. The molecule has 1 N–H and O–H groups in total. The van der Waals surface area contributed by atoms with Crippen LogP contribution in [0, 0.1) is 34.5 Å². The number of carbonyl (C=O) groups excluding carboxylic acids is 2. The van der Waals surface area contributed by atoms with Gasteiger partial charge in [-0.25, -0.2) is 0 Å². The smallest absolute Gasteiger partial charge is 0.309 e. The normalized spacial score (nSPS) is 50.1. The van der Waals surface area contributed by atoms with Gasteiger partial charge < -0.3 is 14.6 Å². The average molecular weight is 393 g/mol. The highest BCUT2D eigenvalue weighted by Gasteiger charge is 2.65. The molecule has 0 radical (unpaired) electrons. The summed E-state index contributed by atoms with van der Waals surface area (Å²) in [6.45, 7) is 6.04. The molecule has 5 heteroatoms. The van der Waals surface area contributed by atoms with Gasteiger partial charge in [-0.2, -0.15) is 0 Å². The molecule has 28 heavy (non-hydrogen) atoms. The molecular formula is C23H36O5. The van der Waals surface area contributed by atoms with Gasteiger partial charge in [-0.1, -0.05) is 13.8 Å². The van der Waals surface area contributed by atoms with E-state index in [1.807, 2.05) is 0 Å². The Morgan fingerprint density at radius 1 is 0.964 bits per heavy atom. The third-order valence-corrected chi connectivity index (χ3v) is 9.58. The summed E-state index contributed by atoms with van der Waals surface area (Å²) in [6, 6.07) is 0. The minimum absolute atomic E-state index is 0.0248. The molecule has 4 fully saturated rings. The van der Waals surface area contributed by atoms with Gasteiger partial charge in [0.05, 0.1) is 18.6 Å². The fraction of sp³-hybridized carbons (Fsp3) is 0.913. The van der Waals surface area contributed by atoms with Gasteiger partial charge in [0.25, 0.3) is 0 Å². The van der Waals surface area contributed by atoms with Crippen molar-refractivity contribution >= 4 is 11.9 Å². The van der Waals surface area contributed by atoms with Crippen molar-refractivity contribution in [2.24, 2.45) is 34.5 Å². The van der Waals surface area contributed by atoms with Crippen molar-refractivity contribution in [3.8, 4) is 0 Å². The molecule has 4 saturated carbocycles. The van der Waals surface area contributed by atoms with Gasteiger partial charge in [0.2, 0.25) is 0 Å². The number of carbonyl (C=O) groups is 2. The van der Waals surface area contributed by atoms with Gasteiger partial charge in [-0.05, 0) is 80.0 Å². The van der Waals surface area contributed by atoms with Crippen LogP contribution in [-0.2, 0) is 19.1 Å². The quantitative estimate of drug-likeness (QED) is 0.722. The van der Waals surface area contributed by atoms with Gasteiger partial charge in [0.15, 0.2) is 0 Å². The van der Waals surface area contributed by atoms with Crippen molar-refractivity contribution < 1.29 is 24.2 Å². The molecule has 0 heterocycles. The van der Waals surface area contributed by atoms with E-state index in [4.69, 9.17) is 9.47 Å². The van der Waals surface area contributed by atoms with Gasteiger partial charge in [-0.3, -0.25) is 9.59 Å². The van der Waals surface area contributed by atoms with Crippen LogP contribution in [0.25, 0.3) is 0 Å². The molecule has 5 nitrogen and oxygen atoms in total. The van der Waals surface area contributed by atoms with Crippen molar-refractivity contribution in [2.45, 2.75) is 90.3 Å². The molecule has 8 atom stereocenters. The Balaban J connectivity index is 1.57. The molecule has 0 aromatic heterocycles. The van der Waals surface area contributed by atoms with E-state index in [0.29, 0.717) is 24.2 Å². The summed E-state index contributed by atoms with van der Waals surface area (Å²) in [5.74, 6) is 1.34. The van der Waals surface area contributed by atoms with Gasteiger partial charge in [0.1, 0.15) is 6.10 Å². The Bertz CT molecular complexity index is 661. The summed E-state index contributed by atoms with van der Waals surface area (Å²) in [5, 5.41) is 11.7. The molecule has 4 aliphatic carbocycles. The molecule has 0 spiro atoms. The number of ether oxygens (including phenoxy) is 2. The van der Waals surface area contributed by atoms with Crippen LogP contribution < -0.4 is 0 Å². The second-order valence-corrected chi connectivity index (χ2v) is 10.5. The number of fused-ring (bicyclic) bond motifs is 5. The first-order valence-corrected chi connectivity index (χ1v) is 11.1. The molecule has 158 valence electrons. The van der Waals surface area contributed by atoms with E-state index in [1.165, 1.54) is 14.0 Å². The van der Waals surface area contributed by atoms with Crippen molar-refractivity contribution in [1.29, 1.82) is 0 Å². The lowest BCUT2D eigenvalue weighted by atomic mass is 9.43. The first-order valence-electron chi connectivity index (χ1n) is 11.1. The van der Waals surface area contributed by atoms with Gasteiger partial charge in [0, 0.05) is 13.3 Å². The highest BCUT2D eigenvalue weighted by atomic mass is 16.5. The van der Waals surface area contributed by atoms with E-state index in [2.05, 4.69) is 13.8 Å². The van der Waals surface area contributed by atoms with E-state index in [0.717, 1.165) is 51.4 Å². The molecule has 0 amide bonds. The number of hydrogen-bond acceptors (Lipinski definition) is 5. The molecule has 4 rings (SSSR count). The van der Waals surface area contributed by atoms with Crippen LogP contribution >= 0.6 is 0 Å². The van der Waals surface area contributed by atoms with Crippen molar-refractivity contribution in [2.75, 3.05) is 7.11 Å². The lowest BCUT2D eigenvalue weighted by Gasteiger charge is -2.64. The third kappa shape index (κ3) is 2.75. The Hall–Kier alpha value is -1.10. The summed E-state index contributed by atoms with van der Waals surface area (Å²) < 4.78 is 10.6. The van der Waals surface area contributed by atoms with Crippen LogP contribution in [0.2, 0.25) is 0 Å². The summed E-state index contributed by atoms with van der Waals surface area (Å²) in [7, 11) is 1.51. The van der Waals surface area contributed by atoms with Crippen molar-refractivity contribution in [1.82, 2.24) is 0 Å². The first-order chi connectivity index (χ1) is 13.1. The molecule has 3 unspecified atom stereocenters. The molecule has 0 saturated heterocycles. The van der Waals surface area contributed by atoms with E-state index in [-0.39, 0.29) is 34.8 Å². The maximum Gasteiger partial charge on any atom is 0.309 e. The maximum atomic E-state index is 12.4. The van der Waals surface area contributed by atoms with Crippen LogP contribution in [0.5, 0.6) is 0 Å². The maximum absolute atomic E-state index is 12.4. The number of rotatable bonds is 2. The van der Waals surface area contributed by atoms with Crippen molar-refractivity contribution in [3.63, 3.8) is 0 Å². The van der Waals surface area contributed by atoms with Crippen LogP contribution in [0.1, 0.15) is 78.6 Å². The summed E-state index contributed by atoms with van der Waals surface area (Å²) in [4.78, 5) is 23.8. The van der Waals surface area contributed by atoms with E-state index in [9.17, 15) is 14.7 Å². The zero-order valence-electron chi connectivity index (χ0n) is 17.8. The number of aliphatic hydroxyl groups is 1. The molecular weight excluding hydrogens is 356 g/mol. The summed E-state index contributed by atoms with van der Waals surface area (Å²) in [5.41, 5.74) is -0.840. The minimum Gasteiger partial charge on any atom is -0.469 e. The number of methoxy groups -OCH3 is 1. The minimum atomic E-state index is -0.749. The lowest BCUT2D eigenvalue weighted by Crippen LogP contribution is -2.63. The van der Waals surface area contributed by atoms with Crippen LogP contribution in [-0.4, -0.2) is 35.9 Å². The van der Waals surface area contributed by atoms with Crippen LogP contribution in [0.15, 0.2) is 0 Å². The molecule has 0 aromatic rings. The van der Waals surface area contributed by atoms with Crippen LogP contribution in [0.4, 0.5) is 0 Å². The second-order valence-electron chi connectivity index (χ2n) is 10.5. The fourth-order valence-corrected chi connectivity index (χ4v) is 8.07. The average Bonchev–Trinajstić information content (AvgIpc) is 2.99. The summed E-state index contributed by atoms with van der Waals surface area (Å²) in [6.07, 6.45) is 8.10. The second kappa shape index (κ2) is 6.72. The number of hydrogen-bond donors (Lipinski definition) is 1. The highest BCUT2D eigenvalue weighted by Crippen LogP contribution is 2.68.